The molecule has 0 amide bonds. The molecule has 0 spiro atoms. The smallest absolute Gasteiger partial charge is 0.312 e. The van der Waals surface area contributed by atoms with E-state index < -0.39 is 0 Å². The number of aromatic nitrogens is 2. The molecule has 1 heterocycles. The van der Waals surface area contributed by atoms with Crippen LogP contribution in [0.3, 0.4) is 0 Å². The fraction of sp³-hybridized carbons (Fsp3) is 0.750. The standard InChI is InChI=1S/C12H21N3O/c1-14-9-10-15(12(14)16)8-7-13-11-5-3-2-4-6-11/h9-11,13H,2-8H2,1H3. The number of hydrogen-bond acceptors (Lipinski definition) is 2. The second-order valence-electron chi connectivity index (χ2n) is 4.67. The Bertz CT molecular complexity index is 374. The molecule has 0 atom stereocenters. The number of imidazole rings is 1. The molecule has 1 fully saturated rings. The van der Waals surface area contributed by atoms with Crippen LogP contribution in [0.15, 0.2) is 17.2 Å². The third-order valence-corrected chi connectivity index (χ3v) is 3.41. The summed E-state index contributed by atoms with van der Waals surface area (Å²) in [6.45, 7) is 1.67. The van der Waals surface area contributed by atoms with E-state index in [-0.39, 0.29) is 5.69 Å². The summed E-state index contributed by atoms with van der Waals surface area (Å²) in [6, 6.07) is 0.674. The SMILES string of the molecule is Cn1ccn(CCNC2CCCCC2)c1=O. The molecule has 1 saturated carbocycles. The van der Waals surface area contributed by atoms with Crippen molar-refractivity contribution >= 4 is 0 Å². The molecule has 0 saturated heterocycles. The summed E-state index contributed by atoms with van der Waals surface area (Å²) in [5.74, 6) is 0. The van der Waals surface area contributed by atoms with Crippen LogP contribution in [-0.2, 0) is 13.6 Å². The largest absolute Gasteiger partial charge is 0.327 e. The second-order valence-corrected chi connectivity index (χ2v) is 4.67. The van der Waals surface area contributed by atoms with E-state index in [0.29, 0.717) is 6.04 Å². The maximum Gasteiger partial charge on any atom is 0.327 e. The molecule has 1 aromatic rings. The molecule has 0 bridgehead atoms. The molecule has 1 aromatic heterocycles. The van der Waals surface area contributed by atoms with E-state index >= 15 is 0 Å². The molecule has 0 unspecified atom stereocenters. The summed E-state index contributed by atoms with van der Waals surface area (Å²) in [7, 11) is 1.79. The number of rotatable bonds is 4. The van der Waals surface area contributed by atoms with Crippen molar-refractivity contribution in [2.45, 2.75) is 44.7 Å². The lowest BCUT2D eigenvalue weighted by atomic mass is 9.95. The average molecular weight is 223 g/mol. The van der Waals surface area contributed by atoms with E-state index in [1.165, 1.54) is 32.1 Å². The van der Waals surface area contributed by atoms with Gasteiger partial charge in [-0.05, 0) is 12.8 Å². The van der Waals surface area contributed by atoms with Gasteiger partial charge in [0.15, 0.2) is 0 Å². The van der Waals surface area contributed by atoms with Crippen LogP contribution >= 0.6 is 0 Å². The van der Waals surface area contributed by atoms with Gasteiger partial charge in [-0.1, -0.05) is 19.3 Å². The minimum Gasteiger partial charge on any atom is -0.312 e. The molecule has 1 aliphatic rings. The summed E-state index contributed by atoms with van der Waals surface area (Å²) >= 11 is 0. The molecule has 90 valence electrons. The van der Waals surface area contributed by atoms with Crippen molar-refractivity contribution in [3.63, 3.8) is 0 Å². The first-order valence-electron chi connectivity index (χ1n) is 6.22. The van der Waals surface area contributed by atoms with Crippen LogP contribution < -0.4 is 11.0 Å². The van der Waals surface area contributed by atoms with Gasteiger partial charge in [0.05, 0.1) is 0 Å². The van der Waals surface area contributed by atoms with Crippen molar-refractivity contribution in [1.82, 2.24) is 14.5 Å². The highest BCUT2D eigenvalue weighted by molar-refractivity contribution is 4.80. The van der Waals surface area contributed by atoms with E-state index in [1.807, 2.05) is 12.4 Å². The molecular weight excluding hydrogens is 202 g/mol. The van der Waals surface area contributed by atoms with E-state index in [1.54, 1.807) is 16.2 Å². The summed E-state index contributed by atoms with van der Waals surface area (Å²) in [5.41, 5.74) is 0.0745. The molecule has 2 rings (SSSR count). The fourth-order valence-electron chi connectivity index (χ4n) is 2.38. The molecule has 0 radical (unpaired) electrons. The van der Waals surface area contributed by atoms with Crippen molar-refractivity contribution in [1.29, 1.82) is 0 Å². The minimum absolute atomic E-state index is 0.0745. The quantitative estimate of drug-likeness (QED) is 0.830. The lowest BCUT2D eigenvalue weighted by Crippen LogP contribution is -2.35. The Morgan fingerprint density at radius 2 is 2.06 bits per heavy atom. The number of aryl methyl sites for hydroxylation is 1. The van der Waals surface area contributed by atoms with Gasteiger partial charge in [-0.2, -0.15) is 0 Å². The van der Waals surface area contributed by atoms with Crippen molar-refractivity contribution in [3.05, 3.63) is 22.9 Å². The van der Waals surface area contributed by atoms with Gasteiger partial charge in [0.25, 0.3) is 0 Å². The predicted molar refractivity (Wildman–Crippen MR) is 64.5 cm³/mol. The summed E-state index contributed by atoms with van der Waals surface area (Å²) < 4.78 is 3.37. The van der Waals surface area contributed by atoms with E-state index in [2.05, 4.69) is 5.32 Å². The number of nitrogens with zero attached hydrogens (tertiary/aromatic N) is 2. The third-order valence-electron chi connectivity index (χ3n) is 3.41. The van der Waals surface area contributed by atoms with Gasteiger partial charge in [0.1, 0.15) is 0 Å². The average Bonchev–Trinajstić information content (AvgIpc) is 2.62. The van der Waals surface area contributed by atoms with Gasteiger partial charge in [0, 0.05) is 38.6 Å². The number of hydrogen-bond donors (Lipinski definition) is 1. The molecule has 1 aliphatic carbocycles. The highest BCUT2D eigenvalue weighted by Gasteiger charge is 2.12. The van der Waals surface area contributed by atoms with Gasteiger partial charge in [-0.15, -0.1) is 0 Å². The van der Waals surface area contributed by atoms with Crippen molar-refractivity contribution in [2.24, 2.45) is 7.05 Å². The highest BCUT2D eigenvalue weighted by atomic mass is 16.1. The highest BCUT2D eigenvalue weighted by Crippen LogP contribution is 2.16. The van der Waals surface area contributed by atoms with Crippen LogP contribution in [0, 0.1) is 0 Å². The van der Waals surface area contributed by atoms with Crippen LogP contribution in [-0.4, -0.2) is 21.7 Å². The van der Waals surface area contributed by atoms with Crippen molar-refractivity contribution < 1.29 is 0 Å². The Morgan fingerprint density at radius 1 is 1.31 bits per heavy atom. The van der Waals surface area contributed by atoms with Gasteiger partial charge in [-0.25, -0.2) is 4.79 Å². The molecule has 0 aliphatic heterocycles. The van der Waals surface area contributed by atoms with Crippen molar-refractivity contribution in [3.8, 4) is 0 Å². The lowest BCUT2D eigenvalue weighted by Gasteiger charge is -2.22. The third kappa shape index (κ3) is 2.76. The van der Waals surface area contributed by atoms with Gasteiger partial charge < -0.3 is 9.88 Å². The maximum atomic E-state index is 11.5. The van der Waals surface area contributed by atoms with Gasteiger partial charge >= 0.3 is 5.69 Å². The summed E-state index contributed by atoms with van der Waals surface area (Å²) in [5, 5.41) is 3.54. The van der Waals surface area contributed by atoms with E-state index in [9.17, 15) is 4.79 Å². The van der Waals surface area contributed by atoms with Crippen LogP contribution in [0.2, 0.25) is 0 Å². The zero-order valence-corrected chi connectivity index (χ0v) is 9.98. The normalized spacial score (nSPS) is 17.8. The Morgan fingerprint density at radius 3 is 2.69 bits per heavy atom. The molecule has 16 heavy (non-hydrogen) atoms. The molecule has 4 nitrogen and oxygen atoms in total. The Labute approximate surface area is 96.3 Å². The predicted octanol–water partition coefficient (Wildman–Crippen LogP) is 1.11. The lowest BCUT2D eigenvalue weighted by molar-refractivity contribution is 0.367. The van der Waals surface area contributed by atoms with Crippen LogP contribution in [0.25, 0.3) is 0 Å². The van der Waals surface area contributed by atoms with Gasteiger partial charge in [-0.3, -0.25) is 4.57 Å². The summed E-state index contributed by atoms with van der Waals surface area (Å²) in [6.07, 6.45) is 10.3. The second kappa shape index (κ2) is 5.34. The first kappa shape index (κ1) is 11.5. The maximum absolute atomic E-state index is 11.5. The fourth-order valence-corrected chi connectivity index (χ4v) is 2.38. The first-order chi connectivity index (χ1) is 7.77. The molecule has 4 heteroatoms. The summed E-state index contributed by atoms with van der Waals surface area (Å²) in [4.78, 5) is 11.5. The topological polar surface area (TPSA) is 39.0 Å². The Hall–Kier alpha value is -1.03. The van der Waals surface area contributed by atoms with E-state index in [0.717, 1.165) is 13.1 Å². The molecular formula is C12H21N3O. The minimum atomic E-state index is 0.0745. The van der Waals surface area contributed by atoms with Gasteiger partial charge in [0.2, 0.25) is 0 Å². The van der Waals surface area contributed by atoms with Crippen molar-refractivity contribution in [2.75, 3.05) is 6.54 Å². The monoisotopic (exact) mass is 223 g/mol. The number of nitrogens with one attached hydrogen (secondary N) is 1. The molecule has 0 aromatic carbocycles. The van der Waals surface area contributed by atoms with Crippen LogP contribution in [0.5, 0.6) is 0 Å². The van der Waals surface area contributed by atoms with Crippen LogP contribution in [0.4, 0.5) is 0 Å². The zero-order valence-electron chi connectivity index (χ0n) is 9.98. The first-order valence-corrected chi connectivity index (χ1v) is 6.22. The van der Waals surface area contributed by atoms with Crippen LogP contribution in [0.1, 0.15) is 32.1 Å². The zero-order chi connectivity index (χ0) is 11.4. The van der Waals surface area contributed by atoms with E-state index in [4.69, 9.17) is 0 Å². The molecule has 1 N–H and O–H groups in total. The Balaban J connectivity index is 1.75. The Kier molecular flexibility index (Phi) is 3.83.